The van der Waals surface area contributed by atoms with Gasteiger partial charge in [-0.2, -0.15) is 0 Å². The molecule has 160 valence electrons. The number of rotatable bonds is 4. The lowest BCUT2D eigenvalue weighted by Gasteiger charge is -2.28. The molecule has 2 aliphatic heterocycles. The maximum atomic E-state index is 12.7. The number of nitrogens with one attached hydrogen (secondary N) is 1. The number of nitro groups is 1. The van der Waals surface area contributed by atoms with E-state index in [1.54, 1.807) is 18.2 Å². The Kier molecular flexibility index (Phi) is 4.42. The average molecular weight is 425 g/mol. The Morgan fingerprint density at radius 2 is 1.84 bits per heavy atom. The molecule has 1 aliphatic carbocycles. The Morgan fingerprint density at radius 3 is 2.61 bits per heavy atom. The fraction of sp³-hybridized carbons (Fsp3) is 0.333. The number of amides is 2. The molecule has 2 amide bonds. The maximum Gasteiger partial charge on any atom is 0.271 e. The van der Waals surface area contributed by atoms with Gasteiger partial charge in [0, 0.05) is 36.7 Å². The van der Waals surface area contributed by atoms with Crippen LogP contribution in [0.5, 0.6) is 17.2 Å². The second-order valence-electron chi connectivity index (χ2n) is 7.71. The van der Waals surface area contributed by atoms with Gasteiger partial charge in [0.15, 0.2) is 18.1 Å². The molecule has 1 fully saturated rings. The summed E-state index contributed by atoms with van der Waals surface area (Å²) in [6.45, 7) is -0.557. The lowest BCUT2D eigenvalue weighted by atomic mass is 10.2. The van der Waals surface area contributed by atoms with Crippen molar-refractivity contribution in [3.05, 3.63) is 46.5 Å². The van der Waals surface area contributed by atoms with Crippen molar-refractivity contribution in [2.45, 2.75) is 31.5 Å². The van der Waals surface area contributed by atoms with E-state index in [1.807, 2.05) is 0 Å². The van der Waals surface area contributed by atoms with Crippen LogP contribution in [0, 0.1) is 10.1 Å². The minimum absolute atomic E-state index is 0.189. The number of ether oxygens (including phenoxy) is 3. The van der Waals surface area contributed by atoms with Crippen LogP contribution in [-0.4, -0.2) is 35.7 Å². The Hall–Kier alpha value is -3.82. The number of nitro benzene ring substituents is 1. The number of hydrogen-bond acceptors (Lipinski definition) is 7. The number of non-ortho nitro benzene ring substituents is 1. The largest absolute Gasteiger partial charge is 0.482 e. The topological polar surface area (TPSA) is 120 Å². The summed E-state index contributed by atoms with van der Waals surface area (Å²) in [7, 11) is 0. The van der Waals surface area contributed by atoms with Gasteiger partial charge in [-0.3, -0.25) is 24.6 Å². The standard InChI is InChI=1S/C21H19N3O7/c25-19(11-23-15-10-14(24(27)28)4-6-16(15)29-12-20(23)26)22-13-3-5-17-18(9-13)31-21(30-17)7-1-2-8-21/h3-6,9-10H,1-2,7-8,11-12H2,(H,22,25). The number of nitrogens with zero attached hydrogens (tertiary/aromatic N) is 2. The summed E-state index contributed by atoms with van der Waals surface area (Å²) in [5.41, 5.74) is 0.496. The van der Waals surface area contributed by atoms with Crippen LogP contribution < -0.4 is 24.4 Å². The number of fused-ring (bicyclic) bond motifs is 2. The number of benzene rings is 2. The molecular formula is C21H19N3O7. The highest BCUT2D eigenvalue weighted by molar-refractivity contribution is 6.05. The lowest BCUT2D eigenvalue weighted by molar-refractivity contribution is -0.384. The molecule has 2 aromatic rings. The molecule has 1 saturated carbocycles. The summed E-state index contributed by atoms with van der Waals surface area (Å²) in [5, 5.41) is 13.8. The highest BCUT2D eigenvalue weighted by Gasteiger charge is 2.44. The second-order valence-corrected chi connectivity index (χ2v) is 7.71. The maximum absolute atomic E-state index is 12.7. The van der Waals surface area contributed by atoms with Crippen LogP contribution in [0.4, 0.5) is 17.1 Å². The molecule has 3 aliphatic rings. The van der Waals surface area contributed by atoms with Crippen molar-refractivity contribution in [3.8, 4) is 17.2 Å². The van der Waals surface area contributed by atoms with E-state index in [0.29, 0.717) is 22.9 Å². The molecule has 0 radical (unpaired) electrons. The van der Waals surface area contributed by atoms with Crippen molar-refractivity contribution in [1.82, 2.24) is 0 Å². The Labute approximate surface area is 176 Å². The van der Waals surface area contributed by atoms with Crippen molar-refractivity contribution in [2.75, 3.05) is 23.4 Å². The minimum atomic E-state index is -0.594. The smallest absolute Gasteiger partial charge is 0.271 e. The van der Waals surface area contributed by atoms with Gasteiger partial charge in [-0.1, -0.05) is 0 Å². The van der Waals surface area contributed by atoms with Crippen molar-refractivity contribution in [3.63, 3.8) is 0 Å². The van der Waals surface area contributed by atoms with Gasteiger partial charge in [-0.05, 0) is 31.0 Å². The summed E-state index contributed by atoms with van der Waals surface area (Å²) in [4.78, 5) is 36.7. The zero-order chi connectivity index (χ0) is 21.6. The van der Waals surface area contributed by atoms with Gasteiger partial charge in [0.25, 0.3) is 17.4 Å². The molecule has 2 heterocycles. The van der Waals surface area contributed by atoms with Crippen LogP contribution in [0.1, 0.15) is 25.7 Å². The average Bonchev–Trinajstić information content (AvgIpc) is 3.35. The van der Waals surface area contributed by atoms with Gasteiger partial charge in [0.1, 0.15) is 12.3 Å². The van der Waals surface area contributed by atoms with Gasteiger partial charge >= 0.3 is 0 Å². The monoisotopic (exact) mass is 425 g/mol. The van der Waals surface area contributed by atoms with E-state index in [4.69, 9.17) is 14.2 Å². The molecule has 0 unspecified atom stereocenters. The third-order valence-electron chi connectivity index (χ3n) is 5.58. The van der Waals surface area contributed by atoms with E-state index in [1.165, 1.54) is 23.1 Å². The van der Waals surface area contributed by atoms with Gasteiger partial charge in [0.05, 0.1) is 10.6 Å². The molecule has 31 heavy (non-hydrogen) atoms. The van der Waals surface area contributed by atoms with Crippen LogP contribution in [0.3, 0.4) is 0 Å². The van der Waals surface area contributed by atoms with Crippen molar-refractivity contribution in [2.24, 2.45) is 0 Å². The third-order valence-corrected chi connectivity index (χ3v) is 5.58. The molecule has 5 rings (SSSR count). The summed E-state index contributed by atoms with van der Waals surface area (Å²) >= 11 is 0. The third kappa shape index (κ3) is 3.49. The van der Waals surface area contributed by atoms with Crippen LogP contribution in [0.15, 0.2) is 36.4 Å². The molecule has 1 N–H and O–H groups in total. The molecule has 1 spiro atoms. The fourth-order valence-corrected chi connectivity index (χ4v) is 4.11. The molecule has 0 bridgehead atoms. The predicted molar refractivity (Wildman–Crippen MR) is 108 cm³/mol. The molecule has 10 heteroatoms. The lowest BCUT2D eigenvalue weighted by Crippen LogP contribution is -2.43. The molecule has 10 nitrogen and oxygen atoms in total. The first-order valence-electron chi connectivity index (χ1n) is 9.96. The van der Waals surface area contributed by atoms with E-state index in [9.17, 15) is 19.7 Å². The summed E-state index contributed by atoms with van der Waals surface area (Å²) in [6, 6.07) is 9.07. The van der Waals surface area contributed by atoms with E-state index in [-0.39, 0.29) is 24.5 Å². The normalized spacial score (nSPS) is 17.9. The zero-order valence-corrected chi connectivity index (χ0v) is 16.5. The van der Waals surface area contributed by atoms with Crippen LogP contribution in [-0.2, 0) is 9.59 Å². The quantitative estimate of drug-likeness (QED) is 0.590. The van der Waals surface area contributed by atoms with E-state index < -0.39 is 22.5 Å². The zero-order valence-electron chi connectivity index (χ0n) is 16.5. The number of carbonyl (C=O) groups is 2. The van der Waals surface area contributed by atoms with Gasteiger partial charge in [0.2, 0.25) is 5.91 Å². The predicted octanol–water partition coefficient (Wildman–Crippen LogP) is 3.00. The molecule has 0 saturated heterocycles. The van der Waals surface area contributed by atoms with Crippen LogP contribution in [0.2, 0.25) is 0 Å². The minimum Gasteiger partial charge on any atom is -0.482 e. The molecular weight excluding hydrogens is 406 g/mol. The highest BCUT2D eigenvalue weighted by Crippen LogP contribution is 2.47. The number of carbonyl (C=O) groups excluding carboxylic acids is 2. The molecule has 2 aromatic carbocycles. The summed E-state index contributed by atoms with van der Waals surface area (Å²) in [6.07, 6.45) is 3.75. The molecule has 0 atom stereocenters. The van der Waals surface area contributed by atoms with Gasteiger partial charge in [-0.25, -0.2) is 0 Å². The SMILES string of the molecule is O=C(CN1C(=O)COc2ccc([N+](=O)[O-])cc21)Nc1ccc2c(c1)OC1(CCCC1)O2. The second kappa shape index (κ2) is 7.15. The van der Waals surface area contributed by atoms with Crippen molar-refractivity contribution in [1.29, 1.82) is 0 Å². The summed E-state index contributed by atoms with van der Waals surface area (Å²) < 4.78 is 17.3. The molecule has 0 aromatic heterocycles. The van der Waals surface area contributed by atoms with Crippen LogP contribution >= 0.6 is 0 Å². The first kappa shape index (κ1) is 19.2. The van der Waals surface area contributed by atoms with Crippen LogP contribution in [0.25, 0.3) is 0 Å². The highest BCUT2D eigenvalue weighted by atomic mass is 16.7. The summed E-state index contributed by atoms with van der Waals surface area (Å²) in [5.74, 6) is 0.0126. The van der Waals surface area contributed by atoms with Crippen molar-refractivity contribution < 1.29 is 28.7 Å². The fourth-order valence-electron chi connectivity index (χ4n) is 4.11. The number of anilines is 2. The number of hydrogen-bond donors (Lipinski definition) is 1. The van der Waals surface area contributed by atoms with Gasteiger partial charge in [-0.15, -0.1) is 0 Å². The first-order chi connectivity index (χ1) is 14.9. The van der Waals surface area contributed by atoms with Gasteiger partial charge < -0.3 is 19.5 Å². The van der Waals surface area contributed by atoms with E-state index >= 15 is 0 Å². The Bertz CT molecular complexity index is 1090. The first-order valence-corrected chi connectivity index (χ1v) is 9.96. The van der Waals surface area contributed by atoms with E-state index in [2.05, 4.69) is 5.32 Å². The van der Waals surface area contributed by atoms with E-state index in [0.717, 1.165) is 25.7 Å². The Balaban J connectivity index is 1.31. The Morgan fingerprint density at radius 1 is 1.10 bits per heavy atom. The van der Waals surface area contributed by atoms with Crippen molar-refractivity contribution >= 4 is 28.9 Å².